The third-order valence-corrected chi connectivity index (χ3v) is 5.64. The molecular weight excluding hydrogens is 336 g/mol. The van der Waals surface area contributed by atoms with Crippen LogP contribution >= 0.6 is 11.3 Å². The minimum absolute atomic E-state index is 0.0112. The predicted octanol–water partition coefficient (Wildman–Crippen LogP) is 2.17. The topological polar surface area (TPSA) is 87.7 Å². The molecule has 1 aromatic carbocycles. The largest absolute Gasteiger partial charge is 0.341 e. The first-order chi connectivity index (χ1) is 12.2. The van der Waals surface area contributed by atoms with Crippen molar-refractivity contribution in [1.82, 2.24) is 24.6 Å². The average molecular weight is 352 g/mol. The quantitative estimate of drug-likeness (QED) is 0.721. The Morgan fingerprint density at radius 3 is 2.84 bits per heavy atom. The Labute approximate surface area is 148 Å². The third-order valence-electron chi connectivity index (χ3n) is 4.44. The van der Waals surface area contributed by atoms with E-state index in [0.29, 0.717) is 5.92 Å². The molecule has 1 saturated heterocycles. The van der Waals surface area contributed by atoms with E-state index in [9.17, 15) is 4.79 Å². The Balaban J connectivity index is 1.37. The molecule has 1 amide bonds. The number of carbonyl (C=O) groups is 1. The van der Waals surface area contributed by atoms with Crippen LogP contribution in [0.1, 0.15) is 29.6 Å². The summed E-state index contributed by atoms with van der Waals surface area (Å²) < 4.78 is 2.64. The van der Waals surface area contributed by atoms with Gasteiger partial charge in [0.05, 0.1) is 15.2 Å². The number of nitrogens with zero attached hydrogens (tertiary/aromatic N) is 6. The molecule has 0 saturated carbocycles. The lowest BCUT2D eigenvalue weighted by Gasteiger charge is -2.31. The number of hydrogen-bond donors (Lipinski definition) is 0. The highest BCUT2D eigenvalue weighted by Gasteiger charge is 2.26. The van der Waals surface area contributed by atoms with Crippen molar-refractivity contribution in [2.24, 2.45) is 0 Å². The molecule has 1 aliphatic heterocycles. The maximum absolute atomic E-state index is 12.4. The summed E-state index contributed by atoms with van der Waals surface area (Å²) in [6.45, 7) is 1.57. The van der Waals surface area contributed by atoms with Gasteiger partial charge in [-0.15, -0.1) is 16.4 Å². The van der Waals surface area contributed by atoms with E-state index in [4.69, 9.17) is 10.2 Å². The number of aromatic nitrogens is 4. The molecule has 0 unspecified atom stereocenters. The molecule has 126 valence electrons. The molecule has 4 rings (SSSR count). The van der Waals surface area contributed by atoms with Gasteiger partial charge in [0.25, 0.3) is 5.82 Å². The fourth-order valence-electron chi connectivity index (χ4n) is 3.10. The van der Waals surface area contributed by atoms with Gasteiger partial charge in [0.2, 0.25) is 5.91 Å². The maximum atomic E-state index is 12.4. The van der Waals surface area contributed by atoms with E-state index in [2.05, 4.69) is 16.1 Å². The SMILES string of the molecule is N#Cc1ncn(CC(=O)N2CCC(c3nc4ccccc4s3)CC2)n1. The van der Waals surface area contributed by atoms with Crippen LogP contribution in [0.25, 0.3) is 10.2 Å². The van der Waals surface area contributed by atoms with Crippen molar-refractivity contribution in [3.05, 3.63) is 41.4 Å². The van der Waals surface area contributed by atoms with Crippen LogP contribution in [0.15, 0.2) is 30.6 Å². The molecule has 7 nitrogen and oxygen atoms in total. The molecule has 8 heteroatoms. The first-order valence-corrected chi connectivity index (χ1v) is 8.97. The Hall–Kier alpha value is -2.79. The van der Waals surface area contributed by atoms with Crippen LogP contribution < -0.4 is 0 Å². The van der Waals surface area contributed by atoms with Gasteiger partial charge in [-0.25, -0.2) is 14.6 Å². The normalized spacial score (nSPS) is 15.4. The van der Waals surface area contributed by atoms with Crippen LogP contribution in [0.3, 0.4) is 0 Å². The Morgan fingerprint density at radius 1 is 1.32 bits per heavy atom. The number of hydrogen-bond acceptors (Lipinski definition) is 6. The van der Waals surface area contributed by atoms with Gasteiger partial charge in [0.15, 0.2) is 0 Å². The van der Waals surface area contributed by atoms with Crippen molar-refractivity contribution in [1.29, 1.82) is 5.26 Å². The molecule has 3 aromatic rings. The van der Waals surface area contributed by atoms with Gasteiger partial charge in [0.1, 0.15) is 18.9 Å². The third kappa shape index (κ3) is 3.23. The molecule has 3 heterocycles. The molecule has 1 aliphatic rings. The van der Waals surface area contributed by atoms with Crippen LogP contribution in [-0.4, -0.2) is 43.6 Å². The summed E-state index contributed by atoms with van der Waals surface area (Å²) in [7, 11) is 0. The minimum atomic E-state index is 0.0112. The second-order valence-corrected chi connectivity index (χ2v) is 7.11. The molecule has 0 atom stereocenters. The summed E-state index contributed by atoms with van der Waals surface area (Å²) in [5, 5.41) is 13.8. The zero-order valence-corrected chi connectivity index (χ0v) is 14.3. The van der Waals surface area contributed by atoms with Crippen LogP contribution in [0, 0.1) is 11.3 Å². The zero-order valence-electron chi connectivity index (χ0n) is 13.5. The minimum Gasteiger partial charge on any atom is -0.341 e. The summed E-state index contributed by atoms with van der Waals surface area (Å²) in [6.07, 6.45) is 3.27. The fourth-order valence-corrected chi connectivity index (χ4v) is 4.24. The number of para-hydroxylation sites is 1. The van der Waals surface area contributed by atoms with E-state index >= 15 is 0 Å². The highest BCUT2D eigenvalue weighted by atomic mass is 32.1. The summed E-state index contributed by atoms with van der Waals surface area (Å²) in [5.74, 6) is 0.512. The van der Waals surface area contributed by atoms with Crippen LogP contribution in [0.5, 0.6) is 0 Å². The van der Waals surface area contributed by atoms with Crippen molar-refractivity contribution in [3.63, 3.8) is 0 Å². The van der Waals surface area contributed by atoms with Gasteiger partial charge in [-0.3, -0.25) is 4.79 Å². The highest BCUT2D eigenvalue weighted by molar-refractivity contribution is 7.18. The molecule has 1 fully saturated rings. The second kappa shape index (κ2) is 6.61. The van der Waals surface area contributed by atoms with E-state index in [1.807, 2.05) is 29.2 Å². The van der Waals surface area contributed by atoms with Crippen molar-refractivity contribution >= 4 is 27.5 Å². The first-order valence-electron chi connectivity index (χ1n) is 8.16. The number of carbonyl (C=O) groups excluding carboxylic acids is 1. The molecule has 0 N–H and O–H groups in total. The van der Waals surface area contributed by atoms with E-state index in [1.54, 1.807) is 11.3 Å². The summed E-state index contributed by atoms with van der Waals surface area (Å²) in [4.78, 5) is 22.8. The monoisotopic (exact) mass is 352 g/mol. The second-order valence-electron chi connectivity index (χ2n) is 6.05. The van der Waals surface area contributed by atoms with E-state index in [0.717, 1.165) is 31.4 Å². The molecule has 2 aromatic heterocycles. The van der Waals surface area contributed by atoms with Crippen LogP contribution in [-0.2, 0) is 11.3 Å². The van der Waals surface area contributed by atoms with Gasteiger partial charge in [-0.2, -0.15) is 5.26 Å². The van der Waals surface area contributed by atoms with Gasteiger partial charge in [0, 0.05) is 19.0 Å². The van der Waals surface area contributed by atoms with Gasteiger partial charge in [-0.05, 0) is 25.0 Å². The predicted molar refractivity (Wildman–Crippen MR) is 92.9 cm³/mol. The van der Waals surface area contributed by atoms with E-state index in [1.165, 1.54) is 20.7 Å². The van der Waals surface area contributed by atoms with E-state index < -0.39 is 0 Å². The molecular formula is C17H16N6OS. The van der Waals surface area contributed by atoms with E-state index in [-0.39, 0.29) is 18.3 Å². The maximum Gasteiger partial charge on any atom is 0.252 e. The number of benzene rings is 1. The number of thiazole rings is 1. The van der Waals surface area contributed by atoms with Gasteiger partial charge in [-0.1, -0.05) is 12.1 Å². The Kier molecular flexibility index (Phi) is 4.15. The standard InChI is InChI=1S/C17H16N6OS/c18-9-15-19-11-23(21-15)10-16(24)22-7-5-12(6-8-22)17-20-13-3-1-2-4-14(13)25-17/h1-4,11-12H,5-8,10H2. The lowest BCUT2D eigenvalue weighted by Crippen LogP contribution is -2.39. The van der Waals surface area contributed by atoms with Crippen molar-refractivity contribution in [2.45, 2.75) is 25.3 Å². The highest BCUT2D eigenvalue weighted by Crippen LogP contribution is 2.33. The van der Waals surface area contributed by atoms with Crippen molar-refractivity contribution in [2.75, 3.05) is 13.1 Å². The number of piperidine rings is 1. The summed E-state index contributed by atoms with van der Waals surface area (Å²) >= 11 is 1.75. The summed E-state index contributed by atoms with van der Waals surface area (Å²) in [6, 6.07) is 10.0. The molecule has 0 bridgehead atoms. The number of rotatable bonds is 3. The molecule has 0 aliphatic carbocycles. The van der Waals surface area contributed by atoms with Gasteiger partial charge < -0.3 is 4.90 Å². The van der Waals surface area contributed by atoms with Crippen molar-refractivity contribution < 1.29 is 4.79 Å². The fraction of sp³-hybridized carbons (Fsp3) is 0.353. The molecule has 0 spiro atoms. The lowest BCUT2D eigenvalue weighted by atomic mass is 9.97. The smallest absolute Gasteiger partial charge is 0.252 e. The Bertz CT molecular complexity index is 914. The Morgan fingerprint density at radius 2 is 2.12 bits per heavy atom. The first kappa shape index (κ1) is 15.7. The summed E-state index contributed by atoms with van der Waals surface area (Å²) in [5.41, 5.74) is 1.06. The number of amides is 1. The zero-order chi connectivity index (χ0) is 17.2. The lowest BCUT2D eigenvalue weighted by molar-refractivity contribution is -0.133. The number of likely N-dealkylation sites (tertiary alicyclic amines) is 1. The van der Waals surface area contributed by atoms with Gasteiger partial charge >= 0.3 is 0 Å². The molecule has 0 radical (unpaired) electrons. The van der Waals surface area contributed by atoms with Crippen LogP contribution in [0.2, 0.25) is 0 Å². The van der Waals surface area contributed by atoms with Crippen molar-refractivity contribution in [3.8, 4) is 6.07 Å². The number of fused-ring (bicyclic) bond motifs is 1. The van der Waals surface area contributed by atoms with Crippen LogP contribution in [0.4, 0.5) is 0 Å². The number of nitriles is 1. The molecule has 25 heavy (non-hydrogen) atoms. The average Bonchev–Trinajstić information content (AvgIpc) is 3.28.